The van der Waals surface area contributed by atoms with E-state index in [-0.39, 0.29) is 5.75 Å². The maximum absolute atomic E-state index is 11.7. The number of azide groups is 1. The fourth-order valence-electron chi connectivity index (χ4n) is 1.56. The fourth-order valence-corrected chi connectivity index (χ4v) is 1.56. The third-order valence-electron chi connectivity index (χ3n) is 2.51. The van der Waals surface area contributed by atoms with Crippen LogP contribution in [0.3, 0.4) is 0 Å². The lowest BCUT2D eigenvalue weighted by molar-refractivity contribution is -0.143. The van der Waals surface area contributed by atoms with E-state index in [1.807, 2.05) is 0 Å². The van der Waals surface area contributed by atoms with Crippen LogP contribution >= 0.6 is 0 Å². The van der Waals surface area contributed by atoms with Crippen molar-refractivity contribution in [2.24, 2.45) is 5.11 Å². The first-order valence-corrected chi connectivity index (χ1v) is 5.80. The molecule has 0 aliphatic heterocycles. The fraction of sp³-hybridized carbons (Fsp3) is 0.417. The summed E-state index contributed by atoms with van der Waals surface area (Å²) in [6.45, 7) is 0.882. The molecule has 0 heterocycles. The normalized spacial score (nSPS) is 11.4. The molecular weight excluding hydrogens is 248 g/mol. The molecule has 0 spiro atoms. The summed E-state index contributed by atoms with van der Waals surface area (Å²) >= 11 is 0. The number of nitrogens with zero attached hydrogens (tertiary/aromatic N) is 3. The SMILES string of the molecule is COC(=O)C(NCCCN=[N+]=[N-])c1ccc(O)cc1. The Kier molecular flexibility index (Phi) is 6.21. The maximum atomic E-state index is 11.7. The lowest BCUT2D eigenvalue weighted by Gasteiger charge is -2.16. The van der Waals surface area contributed by atoms with Gasteiger partial charge in [0.1, 0.15) is 11.8 Å². The molecule has 0 aliphatic carbocycles. The van der Waals surface area contributed by atoms with E-state index in [2.05, 4.69) is 15.3 Å². The number of nitrogens with one attached hydrogen (secondary N) is 1. The van der Waals surface area contributed by atoms with Crippen LogP contribution in [-0.2, 0) is 9.53 Å². The summed E-state index contributed by atoms with van der Waals surface area (Å²) in [4.78, 5) is 14.3. The number of phenolic OH excluding ortho intramolecular Hbond substituents is 1. The van der Waals surface area contributed by atoms with Gasteiger partial charge in [0.25, 0.3) is 0 Å². The van der Waals surface area contributed by atoms with Gasteiger partial charge in [-0.3, -0.25) is 0 Å². The first-order chi connectivity index (χ1) is 9.19. The van der Waals surface area contributed by atoms with Crippen LogP contribution < -0.4 is 5.32 Å². The maximum Gasteiger partial charge on any atom is 0.327 e. The van der Waals surface area contributed by atoms with Crippen LogP contribution in [0.15, 0.2) is 29.4 Å². The lowest BCUT2D eigenvalue weighted by atomic mass is 10.1. The second kappa shape index (κ2) is 7.97. The van der Waals surface area contributed by atoms with Gasteiger partial charge in [-0.25, -0.2) is 4.79 Å². The first kappa shape index (κ1) is 14.8. The number of ether oxygens (including phenoxy) is 1. The van der Waals surface area contributed by atoms with Gasteiger partial charge in [-0.15, -0.1) is 0 Å². The van der Waals surface area contributed by atoms with E-state index in [9.17, 15) is 9.90 Å². The number of benzene rings is 1. The van der Waals surface area contributed by atoms with Crippen molar-refractivity contribution >= 4 is 5.97 Å². The highest BCUT2D eigenvalue weighted by Gasteiger charge is 2.20. The van der Waals surface area contributed by atoms with E-state index < -0.39 is 12.0 Å². The van der Waals surface area contributed by atoms with Gasteiger partial charge < -0.3 is 15.2 Å². The zero-order valence-corrected chi connectivity index (χ0v) is 10.6. The molecule has 0 fully saturated rings. The minimum absolute atomic E-state index is 0.135. The number of phenols is 1. The van der Waals surface area contributed by atoms with E-state index in [0.717, 1.165) is 0 Å². The lowest BCUT2D eigenvalue weighted by Crippen LogP contribution is -2.30. The molecule has 2 N–H and O–H groups in total. The Balaban J connectivity index is 2.64. The minimum atomic E-state index is -0.600. The number of carbonyl (C=O) groups excluding carboxylic acids is 1. The third kappa shape index (κ3) is 4.87. The Labute approximate surface area is 110 Å². The van der Waals surface area contributed by atoms with E-state index in [1.54, 1.807) is 12.1 Å². The van der Waals surface area contributed by atoms with E-state index in [4.69, 9.17) is 10.3 Å². The smallest absolute Gasteiger partial charge is 0.327 e. The standard InChI is InChI=1S/C12H16N4O3/c1-19-12(18)11(14-7-2-8-15-16-13)9-3-5-10(17)6-4-9/h3-6,11,14,17H,2,7-8H2,1H3. The van der Waals surface area contributed by atoms with E-state index in [0.29, 0.717) is 25.1 Å². The van der Waals surface area contributed by atoms with Gasteiger partial charge in [-0.05, 0) is 36.2 Å². The summed E-state index contributed by atoms with van der Waals surface area (Å²) in [6, 6.07) is 5.71. The molecule has 0 bridgehead atoms. The van der Waals surface area contributed by atoms with Crippen LogP contribution in [0.2, 0.25) is 0 Å². The van der Waals surface area contributed by atoms with Crippen molar-refractivity contribution < 1.29 is 14.6 Å². The topological polar surface area (TPSA) is 107 Å². The van der Waals surface area contributed by atoms with Gasteiger partial charge in [0, 0.05) is 11.5 Å². The average Bonchev–Trinajstić information content (AvgIpc) is 2.43. The van der Waals surface area contributed by atoms with Crippen LogP contribution in [0.5, 0.6) is 5.75 Å². The van der Waals surface area contributed by atoms with Crippen molar-refractivity contribution in [1.29, 1.82) is 0 Å². The van der Waals surface area contributed by atoms with Crippen LogP contribution in [-0.4, -0.2) is 31.3 Å². The molecule has 0 aliphatic rings. The molecule has 0 saturated heterocycles. The van der Waals surface area contributed by atoms with Crippen LogP contribution in [0.25, 0.3) is 10.4 Å². The van der Waals surface area contributed by atoms with Crippen molar-refractivity contribution in [3.8, 4) is 5.75 Å². The van der Waals surface area contributed by atoms with E-state index >= 15 is 0 Å². The molecule has 1 aromatic carbocycles. The van der Waals surface area contributed by atoms with Crippen LogP contribution in [0.4, 0.5) is 0 Å². The Morgan fingerprint density at radius 1 is 1.53 bits per heavy atom. The summed E-state index contributed by atoms with van der Waals surface area (Å²) < 4.78 is 4.73. The number of carbonyl (C=O) groups is 1. The second-order valence-electron chi connectivity index (χ2n) is 3.81. The molecule has 7 heteroatoms. The van der Waals surface area contributed by atoms with Crippen molar-refractivity contribution in [3.63, 3.8) is 0 Å². The molecular formula is C12H16N4O3. The van der Waals surface area contributed by atoms with Crippen molar-refractivity contribution in [2.75, 3.05) is 20.2 Å². The first-order valence-electron chi connectivity index (χ1n) is 5.80. The number of hydrogen-bond donors (Lipinski definition) is 2. The van der Waals surface area contributed by atoms with Crippen molar-refractivity contribution in [1.82, 2.24) is 5.32 Å². The Bertz CT molecular complexity index is 455. The Morgan fingerprint density at radius 3 is 2.79 bits per heavy atom. The van der Waals surface area contributed by atoms with Gasteiger partial charge in [0.2, 0.25) is 0 Å². The molecule has 7 nitrogen and oxygen atoms in total. The molecule has 102 valence electrons. The predicted molar refractivity (Wildman–Crippen MR) is 69.5 cm³/mol. The van der Waals surface area contributed by atoms with Crippen molar-refractivity contribution in [3.05, 3.63) is 40.3 Å². The van der Waals surface area contributed by atoms with Gasteiger partial charge in [-0.1, -0.05) is 17.2 Å². The molecule has 0 saturated carbocycles. The highest BCUT2D eigenvalue weighted by atomic mass is 16.5. The summed E-state index contributed by atoms with van der Waals surface area (Å²) in [5.41, 5.74) is 8.85. The largest absolute Gasteiger partial charge is 0.508 e. The molecule has 19 heavy (non-hydrogen) atoms. The summed E-state index contributed by atoms with van der Waals surface area (Å²) in [7, 11) is 1.32. The highest BCUT2D eigenvalue weighted by Crippen LogP contribution is 2.18. The zero-order chi connectivity index (χ0) is 14.1. The van der Waals surface area contributed by atoms with Crippen LogP contribution in [0.1, 0.15) is 18.0 Å². The van der Waals surface area contributed by atoms with Gasteiger partial charge in [0.15, 0.2) is 0 Å². The Morgan fingerprint density at radius 2 is 2.21 bits per heavy atom. The van der Waals surface area contributed by atoms with Gasteiger partial charge in [-0.2, -0.15) is 0 Å². The van der Waals surface area contributed by atoms with Gasteiger partial charge in [0.05, 0.1) is 7.11 Å². The second-order valence-corrected chi connectivity index (χ2v) is 3.81. The molecule has 1 unspecified atom stereocenters. The average molecular weight is 264 g/mol. The molecule has 1 rings (SSSR count). The van der Waals surface area contributed by atoms with E-state index in [1.165, 1.54) is 19.2 Å². The third-order valence-corrected chi connectivity index (χ3v) is 2.51. The Hall–Kier alpha value is -2.24. The van der Waals surface area contributed by atoms with Crippen LogP contribution in [0, 0.1) is 0 Å². The van der Waals surface area contributed by atoms with Crippen molar-refractivity contribution in [2.45, 2.75) is 12.5 Å². The number of aromatic hydroxyl groups is 1. The molecule has 1 atom stereocenters. The minimum Gasteiger partial charge on any atom is -0.508 e. The molecule has 0 amide bonds. The monoisotopic (exact) mass is 264 g/mol. The summed E-state index contributed by atoms with van der Waals surface area (Å²) in [6.07, 6.45) is 0.621. The summed E-state index contributed by atoms with van der Waals surface area (Å²) in [5, 5.41) is 15.7. The quantitative estimate of drug-likeness (QED) is 0.258. The molecule has 0 aromatic heterocycles. The number of hydrogen-bond acceptors (Lipinski definition) is 5. The summed E-state index contributed by atoms with van der Waals surface area (Å²) in [5.74, 6) is -0.273. The number of rotatable bonds is 7. The molecule has 1 aromatic rings. The predicted octanol–water partition coefficient (Wildman–Crippen LogP) is 1.90. The van der Waals surface area contributed by atoms with Gasteiger partial charge >= 0.3 is 5.97 Å². The molecule has 0 radical (unpaired) electrons. The zero-order valence-electron chi connectivity index (χ0n) is 10.6. The highest BCUT2D eigenvalue weighted by molar-refractivity contribution is 5.77. The number of methoxy groups -OCH3 is 1. The number of esters is 1.